The zero-order valence-corrected chi connectivity index (χ0v) is 19.4. The Bertz CT molecular complexity index is 1240. The first-order chi connectivity index (χ1) is 16.1. The van der Waals surface area contributed by atoms with Crippen LogP contribution in [-0.2, 0) is 7.05 Å². The molecule has 0 aliphatic heterocycles. The van der Waals surface area contributed by atoms with Gasteiger partial charge in [-0.05, 0) is 31.0 Å². The summed E-state index contributed by atoms with van der Waals surface area (Å²) in [6.07, 6.45) is 11.7. The van der Waals surface area contributed by atoms with Gasteiger partial charge in [0.15, 0.2) is 0 Å². The normalized spacial score (nSPS) is 14.4. The van der Waals surface area contributed by atoms with Crippen LogP contribution in [0.4, 0.5) is 11.5 Å². The minimum absolute atomic E-state index is 0.370. The predicted octanol–water partition coefficient (Wildman–Crippen LogP) is 5.52. The van der Waals surface area contributed by atoms with Gasteiger partial charge >= 0.3 is 0 Å². The maximum Gasteiger partial charge on any atom is 0.134 e. The highest BCUT2D eigenvalue weighted by Crippen LogP contribution is 2.38. The number of pyridine rings is 2. The maximum absolute atomic E-state index is 5.56. The van der Waals surface area contributed by atoms with Crippen molar-refractivity contribution < 1.29 is 9.47 Å². The van der Waals surface area contributed by atoms with Crippen LogP contribution in [0.5, 0.6) is 11.5 Å². The summed E-state index contributed by atoms with van der Waals surface area (Å²) in [5, 5.41) is 4.29. The topological polar surface area (TPSA) is 65.3 Å². The minimum Gasteiger partial charge on any atom is -0.497 e. The average molecular weight is 444 g/mol. The third-order valence-corrected chi connectivity index (χ3v) is 6.36. The molecule has 1 aliphatic rings. The summed E-state index contributed by atoms with van der Waals surface area (Å²) in [7, 11) is 5.28. The molecule has 3 aromatic heterocycles. The van der Waals surface area contributed by atoms with E-state index in [1.54, 1.807) is 18.9 Å². The molecule has 33 heavy (non-hydrogen) atoms. The molecule has 1 aromatic carbocycles. The van der Waals surface area contributed by atoms with Gasteiger partial charge in [-0.1, -0.05) is 19.3 Å². The molecule has 7 nitrogen and oxygen atoms in total. The van der Waals surface area contributed by atoms with E-state index in [1.807, 2.05) is 31.7 Å². The monoisotopic (exact) mass is 443 g/mol. The van der Waals surface area contributed by atoms with Gasteiger partial charge in [0.1, 0.15) is 17.3 Å². The minimum atomic E-state index is 0.370. The van der Waals surface area contributed by atoms with Crippen LogP contribution in [0, 0.1) is 0 Å². The van der Waals surface area contributed by atoms with Crippen LogP contribution in [0.2, 0.25) is 0 Å². The van der Waals surface area contributed by atoms with E-state index >= 15 is 0 Å². The lowest BCUT2D eigenvalue weighted by atomic mass is 9.93. The Morgan fingerprint density at radius 2 is 1.64 bits per heavy atom. The Balaban J connectivity index is 1.61. The van der Waals surface area contributed by atoms with Crippen LogP contribution >= 0.6 is 0 Å². The van der Waals surface area contributed by atoms with Crippen LogP contribution in [0.15, 0.2) is 55.0 Å². The molecule has 0 radical (unpaired) electrons. The zero-order valence-electron chi connectivity index (χ0n) is 19.4. The number of fused-ring (bicyclic) bond motifs is 1. The fraction of sp³-hybridized carbons (Fsp3) is 0.346. The van der Waals surface area contributed by atoms with Gasteiger partial charge < -0.3 is 14.4 Å². The molecule has 1 fully saturated rings. The molecule has 5 rings (SSSR count). The highest BCUT2D eigenvalue weighted by atomic mass is 16.5. The second-order valence-electron chi connectivity index (χ2n) is 8.57. The van der Waals surface area contributed by atoms with Crippen molar-refractivity contribution >= 4 is 22.5 Å². The number of hydrogen-bond donors (Lipinski definition) is 0. The Morgan fingerprint density at radius 3 is 2.30 bits per heavy atom. The van der Waals surface area contributed by atoms with E-state index in [9.17, 15) is 0 Å². The van der Waals surface area contributed by atoms with E-state index in [4.69, 9.17) is 14.5 Å². The van der Waals surface area contributed by atoms with E-state index < -0.39 is 0 Å². The van der Waals surface area contributed by atoms with Crippen LogP contribution in [0.25, 0.3) is 22.2 Å². The number of aromatic nitrogens is 4. The number of rotatable bonds is 6. The van der Waals surface area contributed by atoms with E-state index in [0.717, 1.165) is 58.0 Å². The number of hydrogen-bond acceptors (Lipinski definition) is 6. The quantitative estimate of drug-likeness (QED) is 0.391. The van der Waals surface area contributed by atoms with E-state index in [2.05, 4.69) is 45.3 Å². The summed E-state index contributed by atoms with van der Waals surface area (Å²) in [6.45, 7) is 0. The lowest BCUT2D eigenvalue weighted by Gasteiger charge is -2.35. The van der Waals surface area contributed by atoms with Crippen molar-refractivity contribution in [2.45, 2.75) is 38.1 Å². The van der Waals surface area contributed by atoms with Crippen molar-refractivity contribution in [3.05, 3.63) is 55.0 Å². The second kappa shape index (κ2) is 9.10. The molecule has 170 valence electrons. The van der Waals surface area contributed by atoms with Crippen molar-refractivity contribution in [3.8, 4) is 22.6 Å². The van der Waals surface area contributed by atoms with Crippen molar-refractivity contribution in [1.29, 1.82) is 0 Å². The molecular formula is C26H29N5O2. The smallest absolute Gasteiger partial charge is 0.134 e. The molecular weight excluding hydrogens is 414 g/mol. The van der Waals surface area contributed by atoms with Gasteiger partial charge in [-0.2, -0.15) is 5.10 Å². The molecule has 0 N–H and O–H groups in total. The number of benzene rings is 1. The molecule has 7 heteroatoms. The summed E-state index contributed by atoms with van der Waals surface area (Å²) in [4.78, 5) is 12.1. The second-order valence-corrected chi connectivity index (χ2v) is 8.57. The predicted molar refractivity (Wildman–Crippen MR) is 130 cm³/mol. The first-order valence-electron chi connectivity index (χ1n) is 11.4. The molecule has 0 saturated heterocycles. The SMILES string of the molecule is COc1cc(OC)cc(N(c2ccc3ncc(-c4cnn(C)c4)cc3n2)C2CCCCC2)c1. The summed E-state index contributed by atoms with van der Waals surface area (Å²) in [6, 6.07) is 12.6. The molecule has 3 heterocycles. The fourth-order valence-electron chi connectivity index (χ4n) is 4.66. The number of methoxy groups -OCH3 is 2. The van der Waals surface area contributed by atoms with Crippen molar-refractivity contribution in [1.82, 2.24) is 19.7 Å². The summed E-state index contributed by atoms with van der Waals surface area (Å²) in [5.74, 6) is 2.45. The molecule has 0 bridgehead atoms. The van der Waals surface area contributed by atoms with Gasteiger partial charge in [-0.3, -0.25) is 9.67 Å². The number of nitrogens with zero attached hydrogens (tertiary/aromatic N) is 5. The summed E-state index contributed by atoms with van der Waals surface area (Å²) in [5.41, 5.74) is 4.80. The maximum atomic E-state index is 5.56. The van der Waals surface area contributed by atoms with E-state index in [-0.39, 0.29) is 0 Å². The zero-order chi connectivity index (χ0) is 22.8. The molecule has 4 aromatic rings. The Hall–Kier alpha value is -3.61. The average Bonchev–Trinajstić information content (AvgIpc) is 3.30. The highest BCUT2D eigenvalue weighted by molar-refractivity contribution is 5.82. The van der Waals surface area contributed by atoms with Crippen molar-refractivity contribution in [2.75, 3.05) is 19.1 Å². The van der Waals surface area contributed by atoms with Crippen LogP contribution in [0.3, 0.4) is 0 Å². The number of aryl methyl sites for hydroxylation is 1. The molecule has 0 spiro atoms. The first kappa shape index (κ1) is 21.2. The Kier molecular flexibility index (Phi) is 5.86. The first-order valence-corrected chi connectivity index (χ1v) is 11.4. The number of ether oxygens (including phenoxy) is 2. The fourth-order valence-corrected chi connectivity index (χ4v) is 4.66. The Morgan fingerprint density at radius 1 is 0.879 bits per heavy atom. The van der Waals surface area contributed by atoms with E-state index in [1.165, 1.54) is 19.3 Å². The largest absolute Gasteiger partial charge is 0.497 e. The molecule has 1 aliphatic carbocycles. The standard InChI is InChI=1S/C26H29N5O2/c1-30-17-19(16-28-30)18-11-25-24(27-15-18)9-10-26(29-25)31(20-7-5-4-6-8-20)21-12-22(32-2)14-23(13-21)33-3/h9-17,20H,4-8H2,1-3H3. The molecule has 0 amide bonds. The van der Waals surface area contributed by atoms with Crippen molar-refractivity contribution in [3.63, 3.8) is 0 Å². The lowest BCUT2D eigenvalue weighted by Crippen LogP contribution is -2.33. The van der Waals surface area contributed by atoms with Gasteiger partial charge in [0.2, 0.25) is 0 Å². The molecule has 1 saturated carbocycles. The summed E-state index contributed by atoms with van der Waals surface area (Å²) < 4.78 is 12.9. The van der Waals surface area contributed by atoms with Gasteiger partial charge in [0, 0.05) is 54.8 Å². The van der Waals surface area contributed by atoms with Gasteiger partial charge in [0.25, 0.3) is 0 Å². The third kappa shape index (κ3) is 4.35. The van der Waals surface area contributed by atoms with Crippen LogP contribution in [0.1, 0.15) is 32.1 Å². The molecule has 0 atom stereocenters. The highest BCUT2D eigenvalue weighted by Gasteiger charge is 2.25. The van der Waals surface area contributed by atoms with Crippen LogP contribution < -0.4 is 14.4 Å². The van der Waals surface area contributed by atoms with Crippen LogP contribution in [-0.4, -0.2) is 40.0 Å². The number of anilines is 2. The van der Waals surface area contributed by atoms with Crippen molar-refractivity contribution in [2.24, 2.45) is 7.05 Å². The van der Waals surface area contributed by atoms with E-state index in [0.29, 0.717) is 6.04 Å². The van der Waals surface area contributed by atoms with Gasteiger partial charge in [0.05, 0.1) is 37.1 Å². The van der Waals surface area contributed by atoms with Gasteiger partial charge in [-0.15, -0.1) is 0 Å². The molecule has 0 unspecified atom stereocenters. The van der Waals surface area contributed by atoms with Gasteiger partial charge in [-0.25, -0.2) is 4.98 Å². The third-order valence-electron chi connectivity index (χ3n) is 6.36. The summed E-state index contributed by atoms with van der Waals surface area (Å²) >= 11 is 0. The Labute approximate surface area is 194 Å². The lowest BCUT2D eigenvalue weighted by molar-refractivity contribution is 0.393.